The summed E-state index contributed by atoms with van der Waals surface area (Å²) in [7, 11) is 0. The van der Waals surface area contributed by atoms with Gasteiger partial charge in [0.1, 0.15) is 0 Å². The Morgan fingerprint density at radius 2 is 1.48 bits per heavy atom. The Labute approximate surface area is 145 Å². The van der Waals surface area contributed by atoms with Crippen molar-refractivity contribution in [3.63, 3.8) is 0 Å². The van der Waals surface area contributed by atoms with Crippen LogP contribution >= 0.6 is 0 Å². The summed E-state index contributed by atoms with van der Waals surface area (Å²) in [6.45, 7) is 12.9. The van der Waals surface area contributed by atoms with Crippen LogP contribution in [0.5, 0.6) is 0 Å². The molecular weight excluding hydrogens is 276 g/mol. The molecule has 0 heteroatoms. The van der Waals surface area contributed by atoms with Gasteiger partial charge in [-0.15, -0.1) is 0 Å². The van der Waals surface area contributed by atoms with Crippen molar-refractivity contribution in [1.82, 2.24) is 0 Å². The van der Waals surface area contributed by atoms with Crippen molar-refractivity contribution < 1.29 is 0 Å². The predicted molar refractivity (Wildman–Crippen MR) is 99.2 cm³/mol. The SMILES string of the molecule is CC(C)[C@H]1CCC2C3CCC4C[C@H](C)CC[C@]4(C)C3CC[C@@]21C. The zero-order valence-corrected chi connectivity index (χ0v) is 16.4. The Bertz CT molecular complexity index is 451. The molecule has 0 bridgehead atoms. The highest BCUT2D eigenvalue weighted by atomic mass is 14.6. The van der Waals surface area contributed by atoms with Crippen LogP contribution in [-0.2, 0) is 0 Å². The van der Waals surface area contributed by atoms with Crippen LogP contribution < -0.4 is 0 Å². The fourth-order valence-electron chi connectivity index (χ4n) is 8.61. The van der Waals surface area contributed by atoms with Gasteiger partial charge in [0.15, 0.2) is 0 Å². The van der Waals surface area contributed by atoms with Crippen LogP contribution in [0, 0.1) is 52.3 Å². The summed E-state index contributed by atoms with van der Waals surface area (Å²) >= 11 is 0. The smallest absolute Gasteiger partial charge is 0.0264 e. The van der Waals surface area contributed by atoms with E-state index >= 15 is 0 Å². The van der Waals surface area contributed by atoms with Crippen molar-refractivity contribution in [1.29, 1.82) is 0 Å². The summed E-state index contributed by atoms with van der Waals surface area (Å²) in [4.78, 5) is 0. The second-order valence-electron chi connectivity index (χ2n) is 11.0. The first-order chi connectivity index (χ1) is 10.9. The van der Waals surface area contributed by atoms with E-state index in [4.69, 9.17) is 0 Å². The van der Waals surface area contributed by atoms with E-state index < -0.39 is 0 Å². The topological polar surface area (TPSA) is 0 Å². The molecule has 0 heterocycles. The minimum atomic E-state index is 0.681. The van der Waals surface area contributed by atoms with E-state index in [2.05, 4.69) is 34.6 Å². The highest BCUT2D eigenvalue weighted by Crippen LogP contribution is 2.68. The first kappa shape index (κ1) is 16.5. The predicted octanol–water partition coefficient (Wildman–Crippen LogP) is 6.94. The van der Waals surface area contributed by atoms with Gasteiger partial charge in [0.05, 0.1) is 0 Å². The fraction of sp³-hybridized carbons (Fsp3) is 1.00. The van der Waals surface area contributed by atoms with Crippen molar-refractivity contribution in [2.45, 2.75) is 92.4 Å². The molecule has 4 unspecified atom stereocenters. The van der Waals surface area contributed by atoms with Crippen molar-refractivity contribution in [3.8, 4) is 0 Å². The largest absolute Gasteiger partial charge is 0.0625 e. The average Bonchev–Trinajstić information content (AvgIpc) is 2.85. The minimum Gasteiger partial charge on any atom is -0.0625 e. The monoisotopic (exact) mass is 316 g/mol. The van der Waals surface area contributed by atoms with Crippen LogP contribution in [-0.4, -0.2) is 0 Å². The molecular formula is C23H40. The summed E-state index contributed by atoms with van der Waals surface area (Å²) in [6.07, 6.45) is 13.9. The summed E-state index contributed by atoms with van der Waals surface area (Å²) in [5, 5.41) is 0. The maximum absolute atomic E-state index is 2.72. The Morgan fingerprint density at radius 1 is 0.783 bits per heavy atom. The lowest BCUT2D eigenvalue weighted by Gasteiger charge is -2.61. The first-order valence-corrected chi connectivity index (χ1v) is 10.9. The molecule has 8 atom stereocenters. The Morgan fingerprint density at radius 3 is 2.22 bits per heavy atom. The van der Waals surface area contributed by atoms with Crippen molar-refractivity contribution in [2.24, 2.45) is 52.3 Å². The standard InChI is InChI=1S/C23H40/c1-15(2)19-8-9-20-18-7-6-17-14-16(3)10-12-22(17,4)21(18)11-13-23(19,20)5/h15-21H,6-14H2,1-5H3/t16-,17?,18?,19-,20?,21?,22+,23-/m1/s1. The van der Waals surface area contributed by atoms with Crippen molar-refractivity contribution in [2.75, 3.05) is 0 Å². The van der Waals surface area contributed by atoms with Gasteiger partial charge in [-0.05, 0) is 104 Å². The molecule has 0 saturated heterocycles. The van der Waals surface area contributed by atoms with Gasteiger partial charge in [0.2, 0.25) is 0 Å². The second-order valence-corrected chi connectivity index (χ2v) is 11.0. The lowest BCUT2D eigenvalue weighted by atomic mass is 9.44. The number of fused-ring (bicyclic) bond motifs is 5. The lowest BCUT2D eigenvalue weighted by Crippen LogP contribution is -2.53. The molecule has 4 rings (SSSR count). The molecule has 0 spiro atoms. The van der Waals surface area contributed by atoms with Crippen molar-refractivity contribution in [3.05, 3.63) is 0 Å². The summed E-state index contributed by atoms with van der Waals surface area (Å²) in [5.74, 6) is 7.15. The Hall–Kier alpha value is 0. The molecule has 4 aliphatic rings. The third-order valence-corrected chi connectivity index (χ3v) is 9.81. The van der Waals surface area contributed by atoms with Gasteiger partial charge in [-0.1, -0.05) is 41.0 Å². The molecule has 4 saturated carbocycles. The Kier molecular flexibility index (Phi) is 3.94. The van der Waals surface area contributed by atoms with E-state index in [9.17, 15) is 0 Å². The molecule has 0 aromatic rings. The van der Waals surface area contributed by atoms with Crippen LogP contribution in [0.1, 0.15) is 92.4 Å². The highest BCUT2D eigenvalue weighted by molar-refractivity contribution is 5.09. The number of hydrogen-bond acceptors (Lipinski definition) is 0. The number of hydrogen-bond donors (Lipinski definition) is 0. The molecule has 23 heavy (non-hydrogen) atoms. The zero-order chi connectivity index (χ0) is 16.4. The number of rotatable bonds is 1. The van der Waals surface area contributed by atoms with Gasteiger partial charge in [0.25, 0.3) is 0 Å². The van der Waals surface area contributed by atoms with Gasteiger partial charge in [-0.2, -0.15) is 0 Å². The molecule has 0 aromatic heterocycles. The van der Waals surface area contributed by atoms with Gasteiger partial charge >= 0.3 is 0 Å². The van der Waals surface area contributed by atoms with E-state index in [1.54, 1.807) is 32.1 Å². The molecule has 4 aliphatic carbocycles. The maximum Gasteiger partial charge on any atom is -0.0264 e. The van der Waals surface area contributed by atoms with E-state index in [1.807, 2.05) is 0 Å². The molecule has 0 radical (unpaired) electrons. The van der Waals surface area contributed by atoms with Gasteiger partial charge in [-0.3, -0.25) is 0 Å². The quantitative estimate of drug-likeness (QED) is 0.491. The fourth-order valence-corrected chi connectivity index (χ4v) is 8.61. The summed E-state index contributed by atoms with van der Waals surface area (Å²) in [6, 6.07) is 0. The zero-order valence-electron chi connectivity index (χ0n) is 16.4. The van der Waals surface area contributed by atoms with Crippen LogP contribution in [0.2, 0.25) is 0 Å². The molecule has 0 aromatic carbocycles. The average molecular weight is 317 g/mol. The van der Waals surface area contributed by atoms with Crippen LogP contribution in [0.15, 0.2) is 0 Å². The van der Waals surface area contributed by atoms with E-state index in [0.29, 0.717) is 10.8 Å². The minimum absolute atomic E-state index is 0.681. The van der Waals surface area contributed by atoms with Gasteiger partial charge in [-0.25, -0.2) is 0 Å². The summed E-state index contributed by atoms with van der Waals surface area (Å²) in [5.41, 5.74) is 1.38. The normalized spacial score (nSPS) is 56.1. The molecule has 0 aliphatic heterocycles. The highest BCUT2D eigenvalue weighted by Gasteiger charge is 2.60. The maximum atomic E-state index is 2.72. The third-order valence-electron chi connectivity index (χ3n) is 9.81. The van der Waals surface area contributed by atoms with Gasteiger partial charge < -0.3 is 0 Å². The molecule has 0 N–H and O–H groups in total. The molecule has 0 nitrogen and oxygen atoms in total. The van der Waals surface area contributed by atoms with Crippen LogP contribution in [0.25, 0.3) is 0 Å². The third kappa shape index (κ3) is 2.29. The van der Waals surface area contributed by atoms with Crippen molar-refractivity contribution >= 4 is 0 Å². The van der Waals surface area contributed by atoms with E-state index in [1.165, 1.54) is 25.7 Å². The van der Waals surface area contributed by atoms with E-state index in [0.717, 1.165) is 41.4 Å². The second kappa shape index (κ2) is 5.50. The van der Waals surface area contributed by atoms with E-state index in [-0.39, 0.29) is 0 Å². The first-order valence-electron chi connectivity index (χ1n) is 10.9. The van der Waals surface area contributed by atoms with Crippen LogP contribution in [0.4, 0.5) is 0 Å². The Balaban J connectivity index is 1.60. The van der Waals surface area contributed by atoms with Gasteiger partial charge in [0, 0.05) is 0 Å². The van der Waals surface area contributed by atoms with Crippen LogP contribution in [0.3, 0.4) is 0 Å². The summed E-state index contributed by atoms with van der Waals surface area (Å²) < 4.78 is 0. The molecule has 4 fully saturated rings. The lowest BCUT2D eigenvalue weighted by molar-refractivity contribution is -0.119. The molecule has 0 amide bonds. The molecule has 132 valence electrons.